The van der Waals surface area contributed by atoms with Gasteiger partial charge in [-0.2, -0.15) is 0 Å². The second-order valence-corrected chi connectivity index (χ2v) is 8.00. The Balaban J connectivity index is 3.41. The molecule has 0 aliphatic carbocycles. The molecule has 0 bridgehead atoms. The number of sulfone groups is 1. The van der Waals surface area contributed by atoms with Crippen LogP contribution in [0.4, 0.5) is 0 Å². The van der Waals surface area contributed by atoms with Crippen molar-refractivity contribution in [1.82, 2.24) is 4.98 Å². The maximum Gasteiger partial charge on any atom is 0.267 e. The number of nitrogens with one attached hydrogen (secondary N) is 1. The number of aryl methyl sites for hydroxylation is 1. The lowest BCUT2D eigenvalue weighted by molar-refractivity contribution is 0.584. The second kappa shape index (κ2) is 6.57. The number of unbranched alkanes of at least 4 members (excludes halogenated alkanes) is 2. The van der Waals surface area contributed by atoms with Crippen LogP contribution in [0.5, 0.6) is 0 Å². The number of hydrogen-bond donors (Lipinski definition) is 1. The lowest BCUT2D eigenvalue weighted by Gasteiger charge is -2.15. The fourth-order valence-electron chi connectivity index (χ4n) is 2.40. The van der Waals surface area contributed by atoms with Gasteiger partial charge in [-0.1, -0.05) is 19.8 Å². The van der Waals surface area contributed by atoms with Crippen molar-refractivity contribution in [1.29, 1.82) is 0 Å². The average Bonchev–Trinajstić information content (AvgIpc) is 2.32. The van der Waals surface area contributed by atoms with Gasteiger partial charge < -0.3 is 4.98 Å². The summed E-state index contributed by atoms with van der Waals surface area (Å²) in [7, 11) is -3.55. The lowest BCUT2D eigenvalue weighted by atomic mass is 10.0. The molecule has 0 saturated carbocycles. The van der Waals surface area contributed by atoms with Crippen LogP contribution in [0.2, 0.25) is 0 Å². The molecule has 0 radical (unpaired) electrons. The second-order valence-electron chi connectivity index (χ2n) is 5.56. The van der Waals surface area contributed by atoms with E-state index in [0.717, 1.165) is 36.9 Å². The Hall–Kier alpha value is -1.10. The van der Waals surface area contributed by atoms with Gasteiger partial charge in [0.1, 0.15) is 4.90 Å². The van der Waals surface area contributed by atoms with Gasteiger partial charge in [-0.15, -0.1) is 0 Å². The highest BCUT2D eigenvalue weighted by molar-refractivity contribution is 7.92. The molecule has 0 fully saturated rings. The van der Waals surface area contributed by atoms with Crippen LogP contribution in [0, 0.1) is 13.8 Å². The molecule has 1 aromatic rings. The van der Waals surface area contributed by atoms with Gasteiger partial charge >= 0.3 is 0 Å². The van der Waals surface area contributed by atoms with Crippen LogP contribution >= 0.6 is 0 Å². The molecule has 0 amide bonds. The molecule has 0 atom stereocenters. The van der Waals surface area contributed by atoms with Crippen molar-refractivity contribution in [3.8, 4) is 0 Å². The maximum absolute atomic E-state index is 12.3. The van der Waals surface area contributed by atoms with Crippen LogP contribution in [0.15, 0.2) is 9.69 Å². The van der Waals surface area contributed by atoms with Crippen molar-refractivity contribution in [3.05, 3.63) is 27.2 Å². The van der Waals surface area contributed by atoms with E-state index >= 15 is 0 Å². The van der Waals surface area contributed by atoms with Crippen molar-refractivity contribution in [2.75, 3.05) is 0 Å². The molecule has 0 spiro atoms. The van der Waals surface area contributed by atoms with E-state index in [1.54, 1.807) is 20.8 Å². The number of aromatic amines is 1. The van der Waals surface area contributed by atoms with E-state index in [9.17, 15) is 13.2 Å². The highest BCUT2D eigenvalue weighted by Gasteiger charge is 2.27. The summed E-state index contributed by atoms with van der Waals surface area (Å²) >= 11 is 0. The standard InChI is InChI=1S/C15H25NO3S/c1-6-7-8-9-13-11(4)14(15(17)16-12(13)5)20(18,19)10(2)3/h10H,6-9H2,1-5H3,(H,16,17). The molecular weight excluding hydrogens is 274 g/mol. The number of rotatable bonds is 6. The van der Waals surface area contributed by atoms with Gasteiger partial charge in [0.05, 0.1) is 5.25 Å². The Kier molecular flexibility index (Phi) is 5.57. The van der Waals surface area contributed by atoms with E-state index in [1.165, 1.54) is 0 Å². The average molecular weight is 299 g/mol. The molecule has 1 N–H and O–H groups in total. The first kappa shape index (κ1) is 17.0. The molecule has 0 aliphatic heterocycles. The first-order valence-corrected chi connectivity index (χ1v) is 8.74. The van der Waals surface area contributed by atoms with Crippen molar-refractivity contribution >= 4 is 9.84 Å². The van der Waals surface area contributed by atoms with Crippen molar-refractivity contribution in [2.45, 2.75) is 70.4 Å². The molecule has 114 valence electrons. The zero-order chi connectivity index (χ0) is 15.5. The largest absolute Gasteiger partial charge is 0.325 e. The molecule has 5 heteroatoms. The smallest absolute Gasteiger partial charge is 0.267 e. The summed E-state index contributed by atoms with van der Waals surface area (Å²) < 4.78 is 24.7. The predicted octanol–water partition coefficient (Wildman–Crippen LogP) is 2.91. The topological polar surface area (TPSA) is 67.0 Å². The fourth-order valence-corrected chi connectivity index (χ4v) is 3.73. The monoisotopic (exact) mass is 299 g/mol. The third-order valence-corrected chi connectivity index (χ3v) is 5.99. The summed E-state index contributed by atoms with van der Waals surface area (Å²) in [5, 5.41) is -0.589. The molecule has 0 saturated heterocycles. The SMILES string of the molecule is CCCCCc1c(C)[nH]c(=O)c(S(=O)(=O)C(C)C)c1C. The normalized spacial score (nSPS) is 12.1. The molecule has 4 nitrogen and oxygen atoms in total. The first-order valence-electron chi connectivity index (χ1n) is 7.19. The van der Waals surface area contributed by atoms with Gasteiger partial charge in [-0.25, -0.2) is 8.42 Å². The Morgan fingerprint density at radius 1 is 1.15 bits per heavy atom. The van der Waals surface area contributed by atoms with Gasteiger partial charge in [0.25, 0.3) is 5.56 Å². The molecule has 1 aromatic heterocycles. The Labute approximate surface area is 121 Å². The van der Waals surface area contributed by atoms with Crippen LogP contribution < -0.4 is 5.56 Å². The summed E-state index contributed by atoms with van der Waals surface area (Å²) in [6.07, 6.45) is 4.02. The third kappa shape index (κ3) is 3.32. The van der Waals surface area contributed by atoms with Crippen LogP contribution in [0.1, 0.15) is 56.9 Å². The highest BCUT2D eigenvalue weighted by Crippen LogP contribution is 2.22. The van der Waals surface area contributed by atoms with Crippen LogP contribution in [-0.4, -0.2) is 18.7 Å². The highest BCUT2D eigenvalue weighted by atomic mass is 32.2. The summed E-state index contributed by atoms with van der Waals surface area (Å²) in [5.74, 6) is 0. The van der Waals surface area contributed by atoms with Gasteiger partial charge in [-0.3, -0.25) is 4.79 Å². The van der Waals surface area contributed by atoms with E-state index in [-0.39, 0.29) is 4.90 Å². The Morgan fingerprint density at radius 2 is 1.75 bits per heavy atom. The van der Waals surface area contributed by atoms with Gasteiger partial charge in [0.2, 0.25) is 0 Å². The van der Waals surface area contributed by atoms with E-state index in [4.69, 9.17) is 0 Å². The Morgan fingerprint density at radius 3 is 2.25 bits per heavy atom. The van der Waals surface area contributed by atoms with E-state index < -0.39 is 20.6 Å². The zero-order valence-electron chi connectivity index (χ0n) is 13.0. The molecular formula is C15H25NO3S. The minimum Gasteiger partial charge on any atom is -0.325 e. The lowest BCUT2D eigenvalue weighted by Crippen LogP contribution is -2.27. The molecule has 20 heavy (non-hydrogen) atoms. The van der Waals surface area contributed by atoms with Gasteiger partial charge in [0.15, 0.2) is 9.84 Å². The number of hydrogen-bond acceptors (Lipinski definition) is 3. The van der Waals surface area contributed by atoms with E-state index in [1.807, 2.05) is 6.92 Å². The van der Waals surface area contributed by atoms with Crippen LogP contribution in [-0.2, 0) is 16.3 Å². The third-order valence-electron chi connectivity index (χ3n) is 3.69. The Bertz CT molecular complexity index is 627. The number of pyridine rings is 1. The van der Waals surface area contributed by atoms with Crippen LogP contribution in [0.3, 0.4) is 0 Å². The number of H-pyrrole nitrogens is 1. The van der Waals surface area contributed by atoms with E-state index in [2.05, 4.69) is 11.9 Å². The molecule has 1 rings (SSSR count). The predicted molar refractivity (Wildman–Crippen MR) is 82.1 cm³/mol. The maximum atomic E-state index is 12.3. The summed E-state index contributed by atoms with van der Waals surface area (Å²) in [6, 6.07) is 0. The van der Waals surface area contributed by atoms with Gasteiger partial charge in [0, 0.05) is 5.69 Å². The summed E-state index contributed by atoms with van der Waals surface area (Å²) in [5.41, 5.74) is 1.88. The molecule has 0 unspecified atom stereocenters. The zero-order valence-corrected chi connectivity index (χ0v) is 13.9. The summed E-state index contributed by atoms with van der Waals surface area (Å²) in [4.78, 5) is 14.7. The quantitative estimate of drug-likeness (QED) is 0.821. The molecule has 1 heterocycles. The van der Waals surface area contributed by atoms with E-state index in [0.29, 0.717) is 5.56 Å². The van der Waals surface area contributed by atoms with Crippen LogP contribution in [0.25, 0.3) is 0 Å². The van der Waals surface area contributed by atoms with Gasteiger partial charge in [-0.05, 0) is 51.7 Å². The van der Waals surface area contributed by atoms with Crippen molar-refractivity contribution in [2.24, 2.45) is 0 Å². The van der Waals surface area contributed by atoms with Crippen molar-refractivity contribution < 1.29 is 8.42 Å². The molecule has 0 aliphatic rings. The van der Waals surface area contributed by atoms with Crippen molar-refractivity contribution in [3.63, 3.8) is 0 Å². The first-order chi connectivity index (χ1) is 9.23. The minimum atomic E-state index is -3.55. The summed E-state index contributed by atoms with van der Waals surface area (Å²) in [6.45, 7) is 8.91. The fraction of sp³-hybridized carbons (Fsp3) is 0.667. The number of aromatic nitrogens is 1. The molecule has 0 aromatic carbocycles. The minimum absolute atomic E-state index is 0.0513.